The maximum atomic E-state index is 5.96. The molecular weight excluding hydrogens is 205 g/mol. The summed E-state index contributed by atoms with van der Waals surface area (Å²) in [6.07, 6.45) is 3.45. The maximum absolute atomic E-state index is 5.96. The van der Waals surface area contributed by atoms with E-state index in [2.05, 4.69) is 6.07 Å². The molecule has 0 aliphatic heterocycles. The van der Waals surface area contributed by atoms with Crippen molar-refractivity contribution in [3.05, 3.63) is 34.3 Å². The Hall–Kier alpha value is -0.240. The Labute approximate surface area is 89.7 Å². The summed E-state index contributed by atoms with van der Waals surface area (Å²) in [5.74, 6) is 0. The Morgan fingerprint density at radius 3 is 2.92 bits per heavy atom. The van der Waals surface area contributed by atoms with Crippen LogP contribution >= 0.6 is 24.0 Å². The van der Waals surface area contributed by atoms with E-state index in [1.807, 2.05) is 12.1 Å². The molecule has 0 bridgehead atoms. The number of benzene rings is 1. The molecule has 1 unspecified atom stereocenters. The van der Waals surface area contributed by atoms with E-state index in [0.717, 1.165) is 17.9 Å². The Morgan fingerprint density at radius 2 is 2.15 bits per heavy atom. The first kappa shape index (κ1) is 10.8. The van der Waals surface area contributed by atoms with Crippen molar-refractivity contribution in [1.29, 1.82) is 0 Å². The monoisotopic (exact) mass is 217 g/mol. The van der Waals surface area contributed by atoms with Crippen LogP contribution in [0.2, 0.25) is 5.02 Å². The molecule has 2 rings (SSSR count). The van der Waals surface area contributed by atoms with Crippen molar-refractivity contribution in [3.8, 4) is 0 Å². The van der Waals surface area contributed by atoms with Crippen LogP contribution in [0.25, 0.3) is 0 Å². The average Bonchev–Trinajstić information content (AvgIpc) is 2.07. The highest BCUT2D eigenvalue weighted by Gasteiger charge is 2.16. The second-order valence-corrected chi connectivity index (χ2v) is 3.78. The van der Waals surface area contributed by atoms with Crippen molar-refractivity contribution in [2.45, 2.75) is 25.3 Å². The third-order valence-electron chi connectivity index (χ3n) is 2.47. The van der Waals surface area contributed by atoms with Gasteiger partial charge >= 0.3 is 0 Å². The molecule has 1 aliphatic carbocycles. The summed E-state index contributed by atoms with van der Waals surface area (Å²) in [5.41, 5.74) is 8.57. The lowest BCUT2D eigenvalue weighted by Crippen LogP contribution is -2.17. The average molecular weight is 218 g/mol. The molecule has 0 heterocycles. The molecule has 1 nitrogen and oxygen atoms in total. The molecule has 72 valence electrons. The van der Waals surface area contributed by atoms with Gasteiger partial charge in [0.2, 0.25) is 0 Å². The smallest absolute Gasteiger partial charge is 0.0409 e. The van der Waals surface area contributed by atoms with Crippen LogP contribution in [-0.2, 0) is 6.42 Å². The van der Waals surface area contributed by atoms with Gasteiger partial charge < -0.3 is 5.73 Å². The van der Waals surface area contributed by atoms with E-state index in [9.17, 15) is 0 Å². The predicted molar refractivity (Wildman–Crippen MR) is 58.6 cm³/mol. The normalized spacial score (nSPS) is 20.3. The number of rotatable bonds is 0. The number of fused-ring (bicyclic) bond motifs is 1. The molecule has 1 aliphatic rings. The third kappa shape index (κ3) is 2.16. The molecule has 0 amide bonds. The SMILES string of the molecule is Cl.NC1CCCc2ccc(Cl)cc21. The van der Waals surface area contributed by atoms with Crippen molar-refractivity contribution in [2.24, 2.45) is 5.73 Å². The molecule has 1 aromatic carbocycles. The minimum Gasteiger partial charge on any atom is -0.324 e. The fourth-order valence-electron chi connectivity index (χ4n) is 1.81. The molecule has 13 heavy (non-hydrogen) atoms. The Kier molecular flexibility index (Phi) is 3.60. The van der Waals surface area contributed by atoms with Crippen molar-refractivity contribution < 1.29 is 0 Å². The van der Waals surface area contributed by atoms with Gasteiger partial charge in [0, 0.05) is 11.1 Å². The van der Waals surface area contributed by atoms with E-state index in [1.165, 1.54) is 17.5 Å². The second kappa shape index (κ2) is 4.32. The summed E-state index contributed by atoms with van der Waals surface area (Å²) in [6.45, 7) is 0. The zero-order chi connectivity index (χ0) is 8.55. The predicted octanol–water partition coefficient (Wildman–Crippen LogP) is 3.10. The Bertz CT molecular complexity index is 299. The topological polar surface area (TPSA) is 26.0 Å². The van der Waals surface area contributed by atoms with Gasteiger partial charge in [-0.1, -0.05) is 17.7 Å². The molecule has 2 N–H and O–H groups in total. The largest absolute Gasteiger partial charge is 0.324 e. The molecule has 0 saturated carbocycles. The van der Waals surface area contributed by atoms with Crippen molar-refractivity contribution in [1.82, 2.24) is 0 Å². The summed E-state index contributed by atoms with van der Waals surface area (Å²) < 4.78 is 0. The van der Waals surface area contributed by atoms with Crippen molar-refractivity contribution in [3.63, 3.8) is 0 Å². The number of aryl methyl sites for hydroxylation is 1. The summed E-state index contributed by atoms with van der Waals surface area (Å²) in [6, 6.07) is 6.24. The minimum absolute atomic E-state index is 0. The fraction of sp³-hybridized carbons (Fsp3) is 0.400. The molecule has 3 heteroatoms. The lowest BCUT2D eigenvalue weighted by molar-refractivity contribution is 0.570. The molecule has 1 aromatic rings. The number of halogens is 2. The minimum atomic E-state index is 0. The van der Waals surface area contributed by atoms with Crippen LogP contribution in [0.1, 0.15) is 30.0 Å². The zero-order valence-electron chi connectivity index (χ0n) is 7.29. The maximum Gasteiger partial charge on any atom is 0.0409 e. The van der Waals surface area contributed by atoms with E-state index in [-0.39, 0.29) is 18.4 Å². The van der Waals surface area contributed by atoms with Gasteiger partial charge in [0.15, 0.2) is 0 Å². The molecule has 1 atom stereocenters. The highest BCUT2D eigenvalue weighted by Crippen LogP contribution is 2.29. The van der Waals surface area contributed by atoms with Gasteiger partial charge in [-0.2, -0.15) is 0 Å². The number of hydrogen-bond donors (Lipinski definition) is 1. The van der Waals surface area contributed by atoms with E-state index in [4.69, 9.17) is 17.3 Å². The molecule has 0 aromatic heterocycles. The van der Waals surface area contributed by atoms with Crippen LogP contribution in [0.5, 0.6) is 0 Å². The van der Waals surface area contributed by atoms with E-state index < -0.39 is 0 Å². The lowest BCUT2D eigenvalue weighted by Gasteiger charge is -2.21. The first-order chi connectivity index (χ1) is 5.77. The van der Waals surface area contributed by atoms with Crippen LogP contribution in [0, 0.1) is 0 Å². The van der Waals surface area contributed by atoms with Gasteiger partial charge in [-0.3, -0.25) is 0 Å². The summed E-state index contributed by atoms with van der Waals surface area (Å²) in [7, 11) is 0. The molecule has 0 fully saturated rings. The van der Waals surface area contributed by atoms with Gasteiger partial charge in [0.25, 0.3) is 0 Å². The highest BCUT2D eigenvalue weighted by molar-refractivity contribution is 6.30. The summed E-state index contributed by atoms with van der Waals surface area (Å²) >= 11 is 5.89. The lowest BCUT2D eigenvalue weighted by atomic mass is 9.88. The van der Waals surface area contributed by atoms with Crippen LogP contribution in [-0.4, -0.2) is 0 Å². The van der Waals surface area contributed by atoms with Gasteiger partial charge in [-0.25, -0.2) is 0 Å². The molecular formula is C10H13Cl2N. The molecule has 0 saturated heterocycles. The third-order valence-corrected chi connectivity index (χ3v) is 2.70. The van der Waals surface area contributed by atoms with E-state index in [0.29, 0.717) is 0 Å². The van der Waals surface area contributed by atoms with E-state index in [1.54, 1.807) is 0 Å². The van der Waals surface area contributed by atoms with Crippen LogP contribution < -0.4 is 5.73 Å². The van der Waals surface area contributed by atoms with Crippen LogP contribution in [0.4, 0.5) is 0 Å². The summed E-state index contributed by atoms with van der Waals surface area (Å²) in [5, 5.41) is 0.797. The first-order valence-corrected chi connectivity index (χ1v) is 4.69. The standard InChI is InChI=1S/C10H12ClN.ClH/c11-8-5-4-7-2-1-3-10(12)9(7)6-8;/h4-6,10H,1-3,12H2;1H. The molecule has 0 radical (unpaired) electrons. The van der Waals surface area contributed by atoms with Gasteiger partial charge in [0.1, 0.15) is 0 Å². The quantitative estimate of drug-likeness (QED) is 0.711. The fourth-order valence-corrected chi connectivity index (χ4v) is 1.99. The number of hydrogen-bond acceptors (Lipinski definition) is 1. The molecule has 0 spiro atoms. The highest BCUT2D eigenvalue weighted by atomic mass is 35.5. The second-order valence-electron chi connectivity index (χ2n) is 3.34. The zero-order valence-corrected chi connectivity index (χ0v) is 8.87. The van der Waals surface area contributed by atoms with Crippen LogP contribution in [0.15, 0.2) is 18.2 Å². The van der Waals surface area contributed by atoms with Crippen molar-refractivity contribution >= 4 is 24.0 Å². The van der Waals surface area contributed by atoms with Gasteiger partial charge in [-0.05, 0) is 42.5 Å². The van der Waals surface area contributed by atoms with Crippen LogP contribution in [0.3, 0.4) is 0 Å². The number of nitrogens with two attached hydrogens (primary N) is 1. The van der Waals surface area contributed by atoms with Gasteiger partial charge in [0.05, 0.1) is 0 Å². The summed E-state index contributed by atoms with van der Waals surface area (Å²) in [4.78, 5) is 0. The Morgan fingerprint density at radius 1 is 1.38 bits per heavy atom. The van der Waals surface area contributed by atoms with Crippen molar-refractivity contribution in [2.75, 3.05) is 0 Å². The van der Waals surface area contributed by atoms with E-state index >= 15 is 0 Å². The first-order valence-electron chi connectivity index (χ1n) is 4.31. The van der Waals surface area contributed by atoms with Gasteiger partial charge in [-0.15, -0.1) is 12.4 Å². The Balaban J connectivity index is 0.000000845.